The molecular formula is C13H17F2NO2. The van der Waals surface area contributed by atoms with Gasteiger partial charge in [-0.05, 0) is 37.1 Å². The number of halogens is 2. The van der Waals surface area contributed by atoms with E-state index >= 15 is 0 Å². The standard InChI is InChI=1S/C13H17F2NO2/c1-3-10(4-2)16-12(17)9-5-7-11(8-6-9)18-13(14)15/h5-8,10,13H,3-4H2,1-2H3,(H,16,17). The molecular weight excluding hydrogens is 240 g/mol. The molecule has 0 spiro atoms. The van der Waals surface area contributed by atoms with Gasteiger partial charge >= 0.3 is 6.61 Å². The van der Waals surface area contributed by atoms with Gasteiger partial charge in [0.2, 0.25) is 0 Å². The van der Waals surface area contributed by atoms with E-state index in [1.807, 2.05) is 13.8 Å². The minimum atomic E-state index is -2.85. The van der Waals surface area contributed by atoms with Gasteiger partial charge < -0.3 is 10.1 Å². The molecule has 0 saturated carbocycles. The summed E-state index contributed by atoms with van der Waals surface area (Å²) in [6, 6.07) is 5.78. The number of ether oxygens (including phenoxy) is 1. The van der Waals surface area contributed by atoms with Crippen molar-refractivity contribution in [2.45, 2.75) is 39.3 Å². The minimum Gasteiger partial charge on any atom is -0.435 e. The SMILES string of the molecule is CCC(CC)NC(=O)c1ccc(OC(F)F)cc1. The summed E-state index contributed by atoms with van der Waals surface area (Å²) >= 11 is 0. The van der Waals surface area contributed by atoms with Gasteiger partial charge in [0.25, 0.3) is 5.91 Å². The van der Waals surface area contributed by atoms with Crippen LogP contribution >= 0.6 is 0 Å². The summed E-state index contributed by atoms with van der Waals surface area (Å²) in [6.45, 7) is 1.14. The van der Waals surface area contributed by atoms with Crippen LogP contribution in [0.1, 0.15) is 37.0 Å². The average molecular weight is 257 g/mol. The number of carbonyl (C=O) groups excluding carboxylic acids is 1. The zero-order chi connectivity index (χ0) is 13.5. The third kappa shape index (κ3) is 4.31. The summed E-state index contributed by atoms with van der Waals surface area (Å²) in [5.41, 5.74) is 0.434. The van der Waals surface area contributed by atoms with Crippen LogP contribution in [0.5, 0.6) is 5.75 Å². The van der Waals surface area contributed by atoms with E-state index in [2.05, 4.69) is 10.1 Å². The molecule has 3 nitrogen and oxygen atoms in total. The molecule has 0 fully saturated rings. The van der Waals surface area contributed by atoms with Crippen LogP contribution in [0.2, 0.25) is 0 Å². The van der Waals surface area contributed by atoms with E-state index < -0.39 is 6.61 Å². The molecule has 0 saturated heterocycles. The van der Waals surface area contributed by atoms with Crippen LogP contribution < -0.4 is 10.1 Å². The average Bonchev–Trinajstić information content (AvgIpc) is 2.35. The highest BCUT2D eigenvalue weighted by molar-refractivity contribution is 5.94. The molecule has 1 N–H and O–H groups in total. The highest BCUT2D eigenvalue weighted by atomic mass is 19.3. The molecule has 0 aromatic heterocycles. The first-order valence-corrected chi connectivity index (χ1v) is 5.92. The van der Waals surface area contributed by atoms with Crippen molar-refractivity contribution in [3.63, 3.8) is 0 Å². The van der Waals surface area contributed by atoms with E-state index in [4.69, 9.17) is 0 Å². The van der Waals surface area contributed by atoms with Gasteiger partial charge in [0.15, 0.2) is 0 Å². The van der Waals surface area contributed by atoms with Crippen molar-refractivity contribution >= 4 is 5.91 Å². The molecule has 0 bridgehead atoms. The Morgan fingerprint density at radius 1 is 1.22 bits per heavy atom. The van der Waals surface area contributed by atoms with Crippen molar-refractivity contribution in [2.24, 2.45) is 0 Å². The van der Waals surface area contributed by atoms with Crippen molar-refractivity contribution in [1.29, 1.82) is 0 Å². The predicted molar refractivity (Wildman–Crippen MR) is 64.9 cm³/mol. The number of alkyl halides is 2. The quantitative estimate of drug-likeness (QED) is 0.849. The number of hydrogen-bond acceptors (Lipinski definition) is 2. The number of hydrogen-bond donors (Lipinski definition) is 1. The lowest BCUT2D eigenvalue weighted by molar-refractivity contribution is -0.0498. The van der Waals surface area contributed by atoms with Crippen LogP contribution in [0.3, 0.4) is 0 Å². The topological polar surface area (TPSA) is 38.3 Å². The maximum Gasteiger partial charge on any atom is 0.387 e. The molecule has 0 aliphatic rings. The van der Waals surface area contributed by atoms with Crippen LogP contribution in [-0.2, 0) is 0 Å². The van der Waals surface area contributed by atoms with Gasteiger partial charge in [0.05, 0.1) is 0 Å². The lowest BCUT2D eigenvalue weighted by atomic mass is 10.1. The second-order valence-corrected chi connectivity index (χ2v) is 3.89. The van der Waals surface area contributed by atoms with E-state index in [0.717, 1.165) is 12.8 Å². The van der Waals surface area contributed by atoms with Gasteiger partial charge in [-0.15, -0.1) is 0 Å². The molecule has 100 valence electrons. The van der Waals surface area contributed by atoms with Crippen molar-refractivity contribution in [3.8, 4) is 5.75 Å². The Morgan fingerprint density at radius 3 is 2.22 bits per heavy atom. The summed E-state index contributed by atoms with van der Waals surface area (Å²) in [6.07, 6.45) is 1.71. The van der Waals surface area contributed by atoms with Gasteiger partial charge in [-0.25, -0.2) is 0 Å². The Kier molecular flexibility index (Phi) is 5.55. The first-order chi connectivity index (χ1) is 8.56. The lowest BCUT2D eigenvalue weighted by Crippen LogP contribution is -2.33. The Hall–Kier alpha value is -1.65. The van der Waals surface area contributed by atoms with Crippen LogP contribution in [0.4, 0.5) is 8.78 Å². The molecule has 0 radical (unpaired) electrons. The Balaban J connectivity index is 2.64. The molecule has 5 heteroatoms. The molecule has 18 heavy (non-hydrogen) atoms. The van der Waals surface area contributed by atoms with Crippen molar-refractivity contribution in [2.75, 3.05) is 0 Å². The van der Waals surface area contributed by atoms with Gasteiger partial charge in [-0.3, -0.25) is 4.79 Å². The Morgan fingerprint density at radius 2 is 1.78 bits per heavy atom. The summed E-state index contributed by atoms with van der Waals surface area (Å²) in [7, 11) is 0. The van der Waals surface area contributed by atoms with Crippen LogP contribution in [0.15, 0.2) is 24.3 Å². The molecule has 1 amide bonds. The number of benzene rings is 1. The first-order valence-electron chi connectivity index (χ1n) is 5.92. The molecule has 1 aromatic rings. The van der Waals surface area contributed by atoms with Crippen LogP contribution in [-0.4, -0.2) is 18.6 Å². The molecule has 0 heterocycles. The number of rotatable bonds is 6. The van der Waals surface area contributed by atoms with Crippen molar-refractivity contribution < 1.29 is 18.3 Å². The van der Waals surface area contributed by atoms with Gasteiger partial charge in [-0.2, -0.15) is 8.78 Å². The molecule has 0 atom stereocenters. The maximum atomic E-state index is 11.9. The van der Waals surface area contributed by atoms with E-state index in [1.165, 1.54) is 24.3 Å². The van der Waals surface area contributed by atoms with E-state index in [-0.39, 0.29) is 17.7 Å². The molecule has 1 rings (SSSR count). The minimum absolute atomic E-state index is 0.0454. The second-order valence-electron chi connectivity index (χ2n) is 3.89. The molecule has 0 aliphatic carbocycles. The van der Waals surface area contributed by atoms with Gasteiger partial charge in [0.1, 0.15) is 5.75 Å². The molecule has 0 aliphatic heterocycles. The predicted octanol–water partition coefficient (Wildman–Crippen LogP) is 3.21. The maximum absolute atomic E-state index is 11.9. The second kappa shape index (κ2) is 6.93. The smallest absolute Gasteiger partial charge is 0.387 e. The largest absolute Gasteiger partial charge is 0.435 e. The summed E-state index contributed by atoms with van der Waals surface area (Å²) < 4.78 is 28.1. The molecule has 1 aromatic carbocycles. The number of carbonyl (C=O) groups is 1. The van der Waals surface area contributed by atoms with Gasteiger partial charge in [0, 0.05) is 11.6 Å². The fourth-order valence-electron chi connectivity index (χ4n) is 1.55. The number of amides is 1. The first kappa shape index (κ1) is 14.4. The fraction of sp³-hybridized carbons (Fsp3) is 0.462. The normalized spacial score (nSPS) is 10.8. The Bertz CT molecular complexity index is 375. The van der Waals surface area contributed by atoms with Crippen LogP contribution in [0.25, 0.3) is 0 Å². The third-order valence-corrected chi connectivity index (χ3v) is 2.66. The summed E-state index contributed by atoms with van der Waals surface area (Å²) in [5, 5.41) is 2.86. The van der Waals surface area contributed by atoms with Crippen molar-refractivity contribution in [1.82, 2.24) is 5.32 Å². The van der Waals surface area contributed by atoms with Crippen molar-refractivity contribution in [3.05, 3.63) is 29.8 Å². The lowest BCUT2D eigenvalue weighted by Gasteiger charge is -2.14. The zero-order valence-electron chi connectivity index (χ0n) is 10.5. The van der Waals surface area contributed by atoms with E-state index in [1.54, 1.807) is 0 Å². The van der Waals surface area contributed by atoms with Crippen LogP contribution in [0, 0.1) is 0 Å². The monoisotopic (exact) mass is 257 g/mol. The molecule has 0 unspecified atom stereocenters. The van der Waals surface area contributed by atoms with Gasteiger partial charge in [-0.1, -0.05) is 13.8 Å². The summed E-state index contributed by atoms with van der Waals surface area (Å²) in [5.74, 6) is -0.156. The number of nitrogens with one attached hydrogen (secondary N) is 1. The zero-order valence-corrected chi connectivity index (χ0v) is 10.5. The van der Waals surface area contributed by atoms with E-state index in [0.29, 0.717) is 5.56 Å². The summed E-state index contributed by atoms with van der Waals surface area (Å²) in [4.78, 5) is 11.8. The third-order valence-electron chi connectivity index (χ3n) is 2.66. The fourth-order valence-corrected chi connectivity index (χ4v) is 1.55. The van der Waals surface area contributed by atoms with E-state index in [9.17, 15) is 13.6 Å². The highest BCUT2D eigenvalue weighted by Gasteiger charge is 2.11. The Labute approximate surface area is 105 Å². The highest BCUT2D eigenvalue weighted by Crippen LogP contribution is 2.15.